The van der Waals surface area contributed by atoms with Gasteiger partial charge in [0.2, 0.25) is 0 Å². The molecular weight excluding hydrogens is 268 g/mol. The van der Waals surface area contributed by atoms with Gasteiger partial charge in [0.25, 0.3) is 5.91 Å². The van der Waals surface area contributed by atoms with Crippen molar-refractivity contribution in [2.24, 2.45) is 0 Å². The number of carbonyl (C=O) groups is 1. The quantitative estimate of drug-likeness (QED) is 0.870. The van der Waals surface area contributed by atoms with Crippen molar-refractivity contribution >= 4 is 5.91 Å². The number of amides is 1. The van der Waals surface area contributed by atoms with E-state index in [4.69, 9.17) is 4.74 Å². The third kappa shape index (κ3) is 3.74. The molecule has 4 nitrogen and oxygen atoms in total. The second kappa shape index (κ2) is 6.28. The molecule has 0 heterocycles. The Balaban J connectivity index is 2.79. The lowest BCUT2D eigenvalue weighted by atomic mass is 10.0. The Labute approximate surface area is 116 Å². The van der Waals surface area contributed by atoms with Gasteiger partial charge in [0.1, 0.15) is 5.60 Å². The van der Waals surface area contributed by atoms with Gasteiger partial charge in [0.15, 0.2) is 11.6 Å². The van der Waals surface area contributed by atoms with Crippen LogP contribution in [0.2, 0.25) is 0 Å². The monoisotopic (exact) mass is 287 g/mol. The summed E-state index contributed by atoms with van der Waals surface area (Å²) in [4.78, 5) is 11.9. The number of hydrogen-bond donors (Lipinski definition) is 2. The highest BCUT2D eigenvalue weighted by Gasteiger charge is 2.30. The van der Waals surface area contributed by atoms with Crippen molar-refractivity contribution in [3.8, 4) is 0 Å². The molecule has 1 aromatic carbocycles. The zero-order valence-corrected chi connectivity index (χ0v) is 11.9. The second-order valence-electron chi connectivity index (χ2n) is 5.09. The predicted octanol–water partition coefficient (Wildman–Crippen LogP) is 1.93. The van der Waals surface area contributed by atoms with Crippen LogP contribution in [0.15, 0.2) is 18.2 Å². The van der Waals surface area contributed by atoms with E-state index in [9.17, 15) is 18.7 Å². The highest BCUT2D eigenvalue weighted by atomic mass is 19.2. The van der Waals surface area contributed by atoms with Crippen LogP contribution >= 0.6 is 0 Å². The Kier molecular flexibility index (Phi) is 5.19. The Morgan fingerprint density at radius 3 is 2.45 bits per heavy atom. The van der Waals surface area contributed by atoms with Crippen molar-refractivity contribution in [1.82, 2.24) is 5.32 Å². The van der Waals surface area contributed by atoms with Gasteiger partial charge in [-0.2, -0.15) is 0 Å². The minimum atomic E-state index is -1.15. The van der Waals surface area contributed by atoms with E-state index in [2.05, 4.69) is 5.32 Å². The van der Waals surface area contributed by atoms with Crippen LogP contribution in [0.5, 0.6) is 0 Å². The molecule has 2 atom stereocenters. The number of ether oxygens (including phenoxy) is 1. The molecule has 0 aliphatic carbocycles. The van der Waals surface area contributed by atoms with Gasteiger partial charge in [0.05, 0.1) is 12.1 Å². The first-order chi connectivity index (χ1) is 9.19. The van der Waals surface area contributed by atoms with Crippen LogP contribution in [0.4, 0.5) is 8.78 Å². The number of benzene rings is 1. The van der Waals surface area contributed by atoms with Crippen LogP contribution in [0, 0.1) is 11.6 Å². The van der Waals surface area contributed by atoms with Gasteiger partial charge in [-0.15, -0.1) is 0 Å². The van der Waals surface area contributed by atoms with E-state index >= 15 is 0 Å². The summed E-state index contributed by atoms with van der Waals surface area (Å²) >= 11 is 0. The predicted molar refractivity (Wildman–Crippen MR) is 70.0 cm³/mol. The van der Waals surface area contributed by atoms with Crippen LogP contribution in [0.1, 0.15) is 32.4 Å². The number of aliphatic hydroxyl groups excluding tert-OH is 1. The van der Waals surface area contributed by atoms with Crippen LogP contribution in [0.25, 0.3) is 0 Å². The minimum Gasteiger partial charge on any atom is -0.386 e. The zero-order valence-electron chi connectivity index (χ0n) is 11.9. The lowest BCUT2D eigenvalue weighted by molar-refractivity contribution is -0.141. The van der Waals surface area contributed by atoms with Crippen molar-refractivity contribution in [3.05, 3.63) is 35.4 Å². The average molecular weight is 287 g/mol. The molecule has 0 saturated heterocycles. The topological polar surface area (TPSA) is 58.6 Å². The molecule has 0 aliphatic heterocycles. The summed E-state index contributed by atoms with van der Waals surface area (Å²) in [5.74, 6) is -2.44. The molecular formula is C14H19F2NO3. The summed E-state index contributed by atoms with van der Waals surface area (Å²) in [5.41, 5.74) is -0.853. The van der Waals surface area contributed by atoms with E-state index in [1.807, 2.05) is 0 Å². The second-order valence-corrected chi connectivity index (χ2v) is 5.09. The van der Waals surface area contributed by atoms with Gasteiger partial charge in [0, 0.05) is 7.11 Å². The Morgan fingerprint density at radius 1 is 1.35 bits per heavy atom. The van der Waals surface area contributed by atoms with Crippen LogP contribution < -0.4 is 5.32 Å². The number of nitrogens with one attached hydrogen (secondary N) is 1. The largest absolute Gasteiger partial charge is 0.386 e. The third-order valence-electron chi connectivity index (χ3n) is 3.17. The van der Waals surface area contributed by atoms with E-state index in [-0.39, 0.29) is 5.56 Å². The smallest absolute Gasteiger partial charge is 0.251 e. The zero-order chi connectivity index (χ0) is 15.5. The third-order valence-corrected chi connectivity index (χ3v) is 3.17. The SMILES string of the molecule is COC(C)(C)C(=O)NC(C)C(O)c1ccc(F)c(F)c1. The summed E-state index contributed by atoms with van der Waals surface area (Å²) in [5, 5.41) is 12.6. The maximum atomic E-state index is 13.1. The van der Waals surface area contributed by atoms with E-state index in [1.165, 1.54) is 13.2 Å². The van der Waals surface area contributed by atoms with E-state index in [0.29, 0.717) is 0 Å². The minimum absolute atomic E-state index is 0.187. The first kappa shape index (κ1) is 16.5. The highest BCUT2D eigenvalue weighted by molar-refractivity contribution is 5.84. The van der Waals surface area contributed by atoms with Gasteiger partial charge in [-0.3, -0.25) is 4.79 Å². The average Bonchev–Trinajstić information content (AvgIpc) is 2.40. The number of methoxy groups -OCH3 is 1. The molecule has 1 aromatic rings. The molecule has 0 aliphatic rings. The molecule has 0 spiro atoms. The highest BCUT2D eigenvalue weighted by Crippen LogP contribution is 2.20. The molecule has 1 rings (SSSR count). The molecule has 6 heteroatoms. The van der Waals surface area contributed by atoms with Gasteiger partial charge in [-0.05, 0) is 38.5 Å². The molecule has 1 amide bonds. The molecule has 0 saturated carbocycles. The van der Waals surface area contributed by atoms with Crippen molar-refractivity contribution in [3.63, 3.8) is 0 Å². The molecule has 112 valence electrons. The fraction of sp³-hybridized carbons (Fsp3) is 0.500. The summed E-state index contributed by atoms with van der Waals surface area (Å²) in [6.07, 6.45) is -1.15. The first-order valence-electron chi connectivity index (χ1n) is 6.18. The van der Waals surface area contributed by atoms with E-state index in [1.54, 1.807) is 20.8 Å². The normalized spacial score (nSPS) is 14.8. The summed E-state index contributed by atoms with van der Waals surface area (Å²) in [6.45, 7) is 4.73. The van der Waals surface area contributed by atoms with Crippen molar-refractivity contribution < 1.29 is 23.4 Å². The number of hydrogen-bond acceptors (Lipinski definition) is 3. The number of halogens is 2. The van der Waals surface area contributed by atoms with Gasteiger partial charge in [-0.25, -0.2) is 8.78 Å². The number of rotatable bonds is 5. The lowest BCUT2D eigenvalue weighted by Gasteiger charge is -2.27. The van der Waals surface area contributed by atoms with E-state index in [0.717, 1.165) is 12.1 Å². The first-order valence-corrected chi connectivity index (χ1v) is 6.18. The molecule has 0 aromatic heterocycles. The summed E-state index contributed by atoms with van der Waals surface area (Å²) in [7, 11) is 1.40. The number of carbonyl (C=O) groups excluding carboxylic acids is 1. The molecule has 2 N–H and O–H groups in total. The molecule has 0 bridgehead atoms. The Hall–Kier alpha value is -1.53. The standard InChI is InChI=1S/C14H19F2NO3/c1-8(17-13(19)14(2,3)20-4)12(18)9-5-6-10(15)11(16)7-9/h5-8,12,18H,1-4H3,(H,17,19). The summed E-state index contributed by atoms with van der Waals surface area (Å²) < 4.78 is 31.0. The fourth-order valence-electron chi connectivity index (χ4n) is 1.54. The summed E-state index contributed by atoms with van der Waals surface area (Å²) in [6, 6.07) is 2.43. The van der Waals surface area contributed by atoms with Crippen molar-refractivity contribution in [1.29, 1.82) is 0 Å². The Morgan fingerprint density at radius 2 is 1.95 bits per heavy atom. The molecule has 0 radical (unpaired) electrons. The molecule has 2 unspecified atom stereocenters. The molecule has 0 fully saturated rings. The van der Waals surface area contributed by atoms with Crippen LogP contribution in [-0.4, -0.2) is 29.8 Å². The fourth-order valence-corrected chi connectivity index (χ4v) is 1.54. The lowest BCUT2D eigenvalue weighted by Crippen LogP contribution is -2.48. The van der Waals surface area contributed by atoms with Gasteiger partial charge in [-0.1, -0.05) is 6.07 Å². The maximum Gasteiger partial charge on any atom is 0.251 e. The molecule has 20 heavy (non-hydrogen) atoms. The van der Waals surface area contributed by atoms with Gasteiger partial charge >= 0.3 is 0 Å². The van der Waals surface area contributed by atoms with Crippen LogP contribution in [0.3, 0.4) is 0 Å². The van der Waals surface area contributed by atoms with Crippen molar-refractivity contribution in [2.75, 3.05) is 7.11 Å². The van der Waals surface area contributed by atoms with Crippen molar-refractivity contribution in [2.45, 2.75) is 38.5 Å². The maximum absolute atomic E-state index is 13.1. The number of aliphatic hydroxyl groups is 1. The Bertz CT molecular complexity index is 491. The van der Waals surface area contributed by atoms with Gasteiger partial charge < -0.3 is 15.2 Å². The van der Waals surface area contributed by atoms with Crippen LogP contribution in [-0.2, 0) is 9.53 Å². The van der Waals surface area contributed by atoms with E-state index < -0.39 is 35.3 Å².